The number of fused-ring (bicyclic) bond motifs is 1. The number of carbonyl (C=O) groups is 2. The SMILES string of the molecule is C=C1C(=O)N(CCC(C)C)c2ccc(OCC(N)=O)cc21. The van der Waals surface area contributed by atoms with E-state index in [4.69, 9.17) is 10.5 Å². The lowest BCUT2D eigenvalue weighted by atomic mass is 10.1. The van der Waals surface area contributed by atoms with E-state index in [1.165, 1.54) is 0 Å². The third-order valence-corrected chi connectivity index (χ3v) is 3.40. The first-order chi connectivity index (χ1) is 9.90. The van der Waals surface area contributed by atoms with Gasteiger partial charge in [0.25, 0.3) is 11.8 Å². The van der Waals surface area contributed by atoms with Gasteiger partial charge in [-0.1, -0.05) is 20.4 Å². The summed E-state index contributed by atoms with van der Waals surface area (Å²) in [5.41, 5.74) is 7.11. The molecule has 0 radical (unpaired) electrons. The van der Waals surface area contributed by atoms with Gasteiger partial charge in [-0.15, -0.1) is 0 Å². The van der Waals surface area contributed by atoms with Crippen LogP contribution in [0.3, 0.4) is 0 Å². The Morgan fingerprint density at radius 1 is 1.43 bits per heavy atom. The number of carbonyl (C=O) groups excluding carboxylic acids is 2. The van der Waals surface area contributed by atoms with Crippen molar-refractivity contribution in [3.05, 3.63) is 30.3 Å². The topological polar surface area (TPSA) is 72.6 Å². The second-order valence-electron chi connectivity index (χ2n) is 5.55. The summed E-state index contributed by atoms with van der Waals surface area (Å²) in [6.07, 6.45) is 0.929. The Morgan fingerprint density at radius 2 is 2.14 bits per heavy atom. The van der Waals surface area contributed by atoms with E-state index in [9.17, 15) is 9.59 Å². The van der Waals surface area contributed by atoms with Crippen molar-refractivity contribution in [1.82, 2.24) is 0 Å². The molecule has 21 heavy (non-hydrogen) atoms. The number of amides is 2. The molecule has 2 N–H and O–H groups in total. The highest BCUT2D eigenvalue weighted by molar-refractivity contribution is 6.32. The summed E-state index contributed by atoms with van der Waals surface area (Å²) in [6.45, 7) is 8.58. The summed E-state index contributed by atoms with van der Waals surface area (Å²) in [5.74, 6) is 0.419. The third kappa shape index (κ3) is 3.24. The number of nitrogens with two attached hydrogens (primary N) is 1. The van der Waals surface area contributed by atoms with Crippen LogP contribution in [0.5, 0.6) is 5.75 Å². The fraction of sp³-hybridized carbons (Fsp3) is 0.375. The standard InChI is InChI=1S/C16H20N2O3/c1-10(2)6-7-18-14-5-4-12(21-9-15(17)19)8-13(14)11(3)16(18)20/h4-5,8,10H,3,6-7,9H2,1-2H3,(H2,17,19). The Bertz CT molecular complexity index is 593. The van der Waals surface area contributed by atoms with Gasteiger partial charge in [0.1, 0.15) is 5.75 Å². The second-order valence-corrected chi connectivity index (χ2v) is 5.55. The molecule has 5 nitrogen and oxygen atoms in total. The molecule has 0 bridgehead atoms. The highest BCUT2D eigenvalue weighted by atomic mass is 16.5. The minimum Gasteiger partial charge on any atom is -0.484 e. The van der Waals surface area contributed by atoms with Crippen molar-refractivity contribution in [2.45, 2.75) is 20.3 Å². The molecule has 1 heterocycles. The number of rotatable bonds is 6. The summed E-state index contributed by atoms with van der Waals surface area (Å²) in [6, 6.07) is 5.28. The zero-order valence-electron chi connectivity index (χ0n) is 12.4. The van der Waals surface area contributed by atoms with Crippen molar-refractivity contribution < 1.29 is 14.3 Å². The molecule has 0 aromatic heterocycles. The number of benzene rings is 1. The normalized spacial score (nSPS) is 13.8. The Morgan fingerprint density at radius 3 is 2.76 bits per heavy atom. The van der Waals surface area contributed by atoms with E-state index in [2.05, 4.69) is 20.4 Å². The Labute approximate surface area is 124 Å². The maximum absolute atomic E-state index is 12.3. The molecule has 1 aliphatic heterocycles. The van der Waals surface area contributed by atoms with Crippen LogP contribution >= 0.6 is 0 Å². The van der Waals surface area contributed by atoms with Crippen molar-refractivity contribution in [3.63, 3.8) is 0 Å². The Hall–Kier alpha value is -2.30. The Kier molecular flexibility index (Phi) is 4.31. The minimum absolute atomic E-state index is 0.0716. The van der Waals surface area contributed by atoms with Gasteiger partial charge in [-0.25, -0.2) is 0 Å². The first-order valence-corrected chi connectivity index (χ1v) is 6.96. The van der Waals surface area contributed by atoms with Crippen molar-refractivity contribution in [1.29, 1.82) is 0 Å². The van der Waals surface area contributed by atoms with E-state index in [1.54, 1.807) is 17.0 Å². The first-order valence-electron chi connectivity index (χ1n) is 6.96. The summed E-state index contributed by atoms with van der Waals surface area (Å²) >= 11 is 0. The predicted octanol–water partition coefficient (Wildman–Crippen LogP) is 1.96. The van der Waals surface area contributed by atoms with Crippen LogP contribution in [0.4, 0.5) is 5.69 Å². The smallest absolute Gasteiger partial charge is 0.258 e. The molecular formula is C16H20N2O3. The molecule has 0 saturated heterocycles. The second kappa shape index (κ2) is 5.99. The van der Waals surface area contributed by atoms with Crippen LogP contribution in [0, 0.1) is 5.92 Å². The Balaban J connectivity index is 2.21. The maximum atomic E-state index is 12.3. The van der Waals surface area contributed by atoms with Gasteiger partial charge in [0.2, 0.25) is 0 Å². The zero-order valence-corrected chi connectivity index (χ0v) is 12.4. The first kappa shape index (κ1) is 15.1. The fourth-order valence-corrected chi connectivity index (χ4v) is 2.23. The number of hydrogen-bond donors (Lipinski definition) is 1. The van der Waals surface area contributed by atoms with Crippen molar-refractivity contribution in [3.8, 4) is 5.75 Å². The summed E-state index contributed by atoms with van der Waals surface area (Å²) in [4.78, 5) is 24.8. The molecule has 0 atom stereocenters. The van der Waals surface area contributed by atoms with Crippen molar-refractivity contribution >= 4 is 23.1 Å². The number of primary amides is 1. The van der Waals surface area contributed by atoms with Gasteiger partial charge in [0.05, 0.1) is 5.69 Å². The highest BCUT2D eigenvalue weighted by Gasteiger charge is 2.31. The number of hydrogen-bond acceptors (Lipinski definition) is 3. The van der Waals surface area contributed by atoms with E-state index < -0.39 is 5.91 Å². The van der Waals surface area contributed by atoms with Crippen molar-refractivity contribution in [2.24, 2.45) is 11.7 Å². The van der Waals surface area contributed by atoms with Gasteiger partial charge in [0, 0.05) is 17.7 Å². The van der Waals surface area contributed by atoms with Crippen LogP contribution < -0.4 is 15.4 Å². The molecule has 1 aliphatic rings. The van der Waals surface area contributed by atoms with Gasteiger partial charge in [-0.05, 0) is 30.5 Å². The molecule has 0 spiro atoms. The largest absolute Gasteiger partial charge is 0.484 e. The van der Waals surface area contributed by atoms with E-state index >= 15 is 0 Å². The van der Waals surface area contributed by atoms with Gasteiger partial charge < -0.3 is 15.4 Å². The van der Waals surface area contributed by atoms with Crippen LogP contribution in [-0.4, -0.2) is 25.0 Å². The van der Waals surface area contributed by atoms with E-state index in [1.807, 2.05) is 6.07 Å². The van der Waals surface area contributed by atoms with Crippen LogP contribution in [-0.2, 0) is 9.59 Å². The van der Waals surface area contributed by atoms with E-state index in [0.29, 0.717) is 23.8 Å². The highest BCUT2D eigenvalue weighted by Crippen LogP contribution is 2.38. The number of nitrogens with zero attached hydrogens (tertiary/aromatic N) is 1. The molecule has 0 saturated carbocycles. The number of ether oxygens (including phenoxy) is 1. The summed E-state index contributed by atoms with van der Waals surface area (Å²) in [5, 5.41) is 0. The van der Waals surface area contributed by atoms with Crippen LogP contribution in [0.15, 0.2) is 24.8 Å². The number of anilines is 1. The maximum Gasteiger partial charge on any atom is 0.258 e. The molecule has 0 fully saturated rings. The van der Waals surface area contributed by atoms with Crippen LogP contribution in [0.25, 0.3) is 5.57 Å². The molecule has 0 unspecified atom stereocenters. The molecule has 2 rings (SSSR count). The molecule has 1 aromatic carbocycles. The van der Waals surface area contributed by atoms with Crippen LogP contribution in [0.2, 0.25) is 0 Å². The predicted molar refractivity (Wildman–Crippen MR) is 82.0 cm³/mol. The van der Waals surface area contributed by atoms with E-state index in [-0.39, 0.29) is 12.5 Å². The molecule has 2 amide bonds. The quantitative estimate of drug-likeness (QED) is 0.813. The van der Waals surface area contributed by atoms with Gasteiger partial charge in [0.15, 0.2) is 6.61 Å². The lowest BCUT2D eigenvalue weighted by molar-refractivity contribution is -0.120. The molecule has 0 aliphatic carbocycles. The van der Waals surface area contributed by atoms with Gasteiger partial charge >= 0.3 is 0 Å². The fourth-order valence-electron chi connectivity index (χ4n) is 2.23. The minimum atomic E-state index is -0.538. The molecule has 5 heteroatoms. The molecular weight excluding hydrogens is 268 g/mol. The average Bonchev–Trinajstić information content (AvgIpc) is 2.66. The zero-order chi connectivity index (χ0) is 15.6. The monoisotopic (exact) mass is 288 g/mol. The molecule has 1 aromatic rings. The summed E-state index contributed by atoms with van der Waals surface area (Å²) < 4.78 is 5.26. The lowest BCUT2D eigenvalue weighted by Crippen LogP contribution is -2.28. The van der Waals surface area contributed by atoms with Gasteiger partial charge in [-0.3, -0.25) is 9.59 Å². The average molecular weight is 288 g/mol. The lowest BCUT2D eigenvalue weighted by Gasteiger charge is -2.18. The molecule has 112 valence electrons. The van der Waals surface area contributed by atoms with E-state index in [0.717, 1.165) is 17.7 Å². The summed E-state index contributed by atoms with van der Waals surface area (Å²) in [7, 11) is 0. The van der Waals surface area contributed by atoms with Crippen LogP contribution in [0.1, 0.15) is 25.8 Å². The van der Waals surface area contributed by atoms with Gasteiger partial charge in [-0.2, -0.15) is 0 Å². The third-order valence-electron chi connectivity index (χ3n) is 3.40. The van der Waals surface area contributed by atoms with Crippen molar-refractivity contribution in [2.75, 3.05) is 18.1 Å².